The molecule has 146 valence electrons. The molecule has 0 saturated heterocycles. The number of aromatic nitrogens is 2. The van der Waals surface area contributed by atoms with Gasteiger partial charge in [-0.3, -0.25) is 14.2 Å². The molecule has 1 amide bonds. The number of fused-ring (bicyclic) bond motifs is 1. The molecular weight excluding hydrogens is 433 g/mol. The van der Waals surface area contributed by atoms with Crippen LogP contribution >= 0.6 is 34.7 Å². The van der Waals surface area contributed by atoms with E-state index in [0.29, 0.717) is 31.8 Å². The van der Waals surface area contributed by atoms with E-state index in [2.05, 4.69) is 10.3 Å². The molecule has 29 heavy (non-hydrogen) atoms. The quantitative estimate of drug-likeness (QED) is 0.348. The first-order valence-corrected chi connectivity index (χ1v) is 10.7. The molecule has 0 bridgehead atoms. The van der Waals surface area contributed by atoms with E-state index in [9.17, 15) is 14.0 Å². The average molecular weight is 446 g/mol. The van der Waals surface area contributed by atoms with Crippen LogP contribution in [0.3, 0.4) is 0 Å². The maximum atomic E-state index is 13.0. The van der Waals surface area contributed by atoms with Crippen molar-refractivity contribution in [1.29, 1.82) is 0 Å². The monoisotopic (exact) mass is 445 g/mol. The highest BCUT2D eigenvalue weighted by molar-refractivity contribution is 7.99. The number of carbonyl (C=O) groups is 1. The highest BCUT2D eigenvalue weighted by atomic mass is 35.5. The fourth-order valence-electron chi connectivity index (χ4n) is 2.69. The van der Waals surface area contributed by atoms with Crippen molar-refractivity contribution in [2.45, 2.75) is 5.16 Å². The zero-order valence-corrected chi connectivity index (χ0v) is 17.2. The summed E-state index contributed by atoms with van der Waals surface area (Å²) in [5.41, 5.74) is 1.44. The molecule has 2 aromatic carbocycles. The van der Waals surface area contributed by atoms with Crippen LogP contribution in [-0.2, 0) is 4.79 Å². The van der Waals surface area contributed by atoms with Gasteiger partial charge in [0.15, 0.2) is 5.16 Å². The molecule has 0 saturated carbocycles. The van der Waals surface area contributed by atoms with E-state index in [-0.39, 0.29) is 23.0 Å². The molecular formula is C20H13ClFN3O2S2. The van der Waals surface area contributed by atoms with Crippen LogP contribution in [-0.4, -0.2) is 21.2 Å². The number of hydrogen-bond acceptors (Lipinski definition) is 5. The van der Waals surface area contributed by atoms with Gasteiger partial charge >= 0.3 is 0 Å². The lowest BCUT2D eigenvalue weighted by atomic mass is 10.3. The van der Waals surface area contributed by atoms with E-state index in [4.69, 9.17) is 11.6 Å². The van der Waals surface area contributed by atoms with E-state index in [1.807, 2.05) is 0 Å². The predicted octanol–water partition coefficient (Wildman–Crippen LogP) is 4.97. The van der Waals surface area contributed by atoms with Gasteiger partial charge in [0, 0.05) is 10.7 Å². The van der Waals surface area contributed by atoms with Crippen molar-refractivity contribution in [3.8, 4) is 5.69 Å². The van der Waals surface area contributed by atoms with Crippen LogP contribution < -0.4 is 10.9 Å². The Labute approximate surface area is 178 Å². The number of hydrogen-bond donors (Lipinski definition) is 1. The molecule has 0 aliphatic heterocycles. The maximum Gasteiger partial charge on any atom is 0.276 e. The standard InChI is InChI=1S/C20H13ClFN3O2S2/c21-12-2-1-3-15(10-12)25-19(27)18-16(8-9-28-18)24-20(25)29-11-17(26)23-14-6-4-13(22)5-7-14/h1-10H,11H2,(H,23,26). The number of thiophene rings is 1. The van der Waals surface area contributed by atoms with Crippen LogP contribution in [0, 0.1) is 5.82 Å². The summed E-state index contributed by atoms with van der Waals surface area (Å²) < 4.78 is 15.0. The first kappa shape index (κ1) is 19.6. The minimum atomic E-state index is -0.379. The molecule has 0 spiro atoms. The Balaban J connectivity index is 1.64. The Hall–Kier alpha value is -2.68. The van der Waals surface area contributed by atoms with Gasteiger partial charge < -0.3 is 5.32 Å². The summed E-state index contributed by atoms with van der Waals surface area (Å²) >= 11 is 8.55. The third kappa shape index (κ3) is 4.34. The first-order valence-electron chi connectivity index (χ1n) is 8.46. The number of amides is 1. The summed E-state index contributed by atoms with van der Waals surface area (Å²) in [5, 5.41) is 5.37. The molecule has 9 heteroatoms. The average Bonchev–Trinajstić information content (AvgIpc) is 3.17. The van der Waals surface area contributed by atoms with Gasteiger partial charge in [-0.25, -0.2) is 9.37 Å². The van der Waals surface area contributed by atoms with Gasteiger partial charge in [0.2, 0.25) is 5.91 Å². The van der Waals surface area contributed by atoms with Gasteiger partial charge in [0.05, 0.1) is 17.0 Å². The number of halogens is 2. The van der Waals surface area contributed by atoms with Crippen molar-refractivity contribution in [3.05, 3.63) is 81.2 Å². The molecule has 5 nitrogen and oxygen atoms in total. The normalized spacial score (nSPS) is 11.0. The largest absolute Gasteiger partial charge is 0.325 e. The summed E-state index contributed by atoms with van der Waals surface area (Å²) in [6, 6.07) is 14.2. The molecule has 4 rings (SSSR count). The molecule has 0 unspecified atom stereocenters. The molecule has 0 fully saturated rings. The molecule has 2 aromatic heterocycles. The minimum absolute atomic E-state index is 0.0278. The van der Waals surface area contributed by atoms with Gasteiger partial charge in [-0.05, 0) is 53.9 Å². The molecule has 1 N–H and O–H groups in total. The SMILES string of the molecule is O=C(CSc1nc2ccsc2c(=O)n1-c1cccc(Cl)c1)Nc1ccc(F)cc1. The van der Waals surface area contributed by atoms with Crippen LogP contribution in [0.5, 0.6) is 0 Å². The van der Waals surface area contributed by atoms with Crippen molar-refractivity contribution in [2.24, 2.45) is 0 Å². The molecule has 0 aliphatic rings. The predicted molar refractivity (Wildman–Crippen MR) is 116 cm³/mol. The summed E-state index contributed by atoms with van der Waals surface area (Å²) in [7, 11) is 0. The lowest BCUT2D eigenvalue weighted by molar-refractivity contribution is -0.113. The van der Waals surface area contributed by atoms with Crippen LogP contribution in [0.15, 0.2) is 69.9 Å². The number of benzene rings is 2. The van der Waals surface area contributed by atoms with Crippen LogP contribution in [0.25, 0.3) is 15.9 Å². The number of thioether (sulfide) groups is 1. The van der Waals surface area contributed by atoms with Crippen molar-refractivity contribution in [1.82, 2.24) is 9.55 Å². The van der Waals surface area contributed by atoms with Gasteiger partial charge in [-0.15, -0.1) is 11.3 Å². The number of rotatable bonds is 5. The summed E-state index contributed by atoms with van der Waals surface area (Å²) in [6.45, 7) is 0. The number of nitrogens with one attached hydrogen (secondary N) is 1. The second kappa shape index (κ2) is 8.36. The van der Waals surface area contributed by atoms with E-state index in [1.54, 1.807) is 35.7 Å². The summed E-state index contributed by atoms with van der Waals surface area (Å²) in [4.78, 5) is 29.9. The zero-order valence-electron chi connectivity index (χ0n) is 14.8. The number of anilines is 1. The van der Waals surface area contributed by atoms with E-state index < -0.39 is 0 Å². The highest BCUT2D eigenvalue weighted by Crippen LogP contribution is 2.25. The third-order valence-electron chi connectivity index (χ3n) is 3.98. The van der Waals surface area contributed by atoms with Crippen molar-refractivity contribution in [3.63, 3.8) is 0 Å². The Morgan fingerprint density at radius 2 is 2.00 bits per heavy atom. The van der Waals surface area contributed by atoms with Crippen LogP contribution in [0.1, 0.15) is 0 Å². The second-order valence-corrected chi connectivity index (χ2v) is 8.29. The molecule has 2 heterocycles. The second-order valence-electron chi connectivity index (χ2n) is 5.99. The lowest BCUT2D eigenvalue weighted by Crippen LogP contribution is -2.22. The van der Waals surface area contributed by atoms with Gasteiger partial charge in [0.25, 0.3) is 5.56 Å². The maximum absolute atomic E-state index is 13.0. The van der Waals surface area contributed by atoms with Crippen LogP contribution in [0.2, 0.25) is 5.02 Å². The fourth-order valence-corrected chi connectivity index (χ4v) is 4.45. The van der Waals surface area contributed by atoms with Crippen molar-refractivity contribution >= 4 is 56.5 Å². The molecule has 0 aliphatic carbocycles. The Bertz CT molecular complexity index is 1250. The van der Waals surface area contributed by atoms with Gasteiger partial charge in [-0.2, -0.15) is 0 Å². The van der Waals surface area contributed by atoms with Gasteiger partial charge in [0.1, 0.15) is 10.5 Å². The smallest absolute Gasteiger partial charge is 0.276 e. The third-order valence-corrected chi connectivity index (χ3v) is 6.04. The summed E-state index contributed by atoms with van der Waals surface area (Å²) in [5.74, 6) is -0.643. The number of nitrogens with zero attached hydrogens (tertiary/aromatic N) is 2. The highest BCUT2D eigenvalue weighted by Gasteiger charge is 2.16. The Kier molecular flexibility index (Phi) is 5.66. The topological polar surface area (TPSA) is 64.0 Å². The Morgan fingerprint density at radius 1 is 1.21 bits per heavy atom. The van der Waals surface area contributed by atoms with E-state index >= 15 is 0 Å². The van der Waals surface area contributed by atoms with Crippen molar-refractivity contribution in [2.75, 3.05) is 11.1 Å². The Morgan fingerprint density at radius 3 is 2.76 bits per heavy atom. The summed E-state index contributed by atoms with van der Waals surface area (Å²) in [6.07, 6.45) is 0. The first-order chi connectivity index (χ1) is 14.0. The van der Waals surface area contributed by atoms with Crippen LogP contribution in [0.4, 0.5) is 10.1 Å². The minimum Gasteiger partial charge on any atom is -0.325 e. The lowest BCUT2D eigenvalue weighted by Gasteiger charge is -2.12. The zero-order chi connectivity index (χ0) is 20.4. The van der Waals surface area contributed by atoms with E-state index in [1.165, 1.54) is 40.2 Å². The van der Waals surface area contributed by atoms with Gasteiger partial charge in [-0.1, -0.05) is 29.4 Å². The van der Waals surface area contributed by atoms with Crippen molar-refractivity contribution < 1.29 is 9.18 Å². The molecule has 4 aromatic rings. The fraction of sp³-hybridized carbons (Fsp3) is 0.0500. The molecule has 0 atom stereocenters. The van der Waals surface area contributed by atoms with E-state index in [0.717, 1.165) is 11.8 Å². The molecule has 0 radical (unpaired) electrons. The number of carbonyl (C=O) groups excluding carboxylic acids is 1.